The van der Waals surface area contributed by atoms with Crippen LogP contribution in [0.3, 0.4) is 0 Å². The third-order valence-corrected chi connectivity index (χ3v) is 5.88. The molecule has 1 unspecified atom stereocenters. The first-order valence-corrected chi connectivity index (χ1v) is 11.3. The van der Waals surface area contributed by atoms with Gasteiger partial charge in [-0.05, 0) is 28.1 Å². The normalized spacial score (nSPS) is 21.9. The number of nitrogens with zero attached hydrogens (tertiary/aromatic N) is 3. The summed E-state index contributed by atoms with van der Waals surface area (Å²) in [6.07, 6.45) is 6.65. The smallest absolute Gasteiger partial charge is 0.410 e. The molecule has 1 N–H and O–H groups in total. The van der Waals surface area contributed by atoms with Crippen LogP contribution in [0.2, 0.25) is 0 Å². The molecule has 3 atom stereocenters. The van der Waals surface area contributed by atoms with Crippen LogP contribution in [0.5, 0.6) is 0 Å². The first-order chi connectivity index (χ1) is 16.0. The summed E-state index contributed by atoms with van der Waals surface area (Å²) in [7, 11) is 0. The van der Waals surface area contributed by atoms with Crippen molar-refractivity contribution in [1.82, 2.24) is 15.2 Å². The van der Waals surface area contributed by atoms with Crippen LogP contribution in [-0.4, -0.2) is 64.5 Å². The van der Waals surface area contributed by atoms with E-state index in [1.54, 1.807) is 6.20 Å². The minimum atomic E-state index is -0.735. The van der Waals surface area contributed by atoms with Gasteiger partial charge in [0.2, 0.25) is 5.91 Å². The SMILES string of the molecule is C#CCO[C@@H]1C[C@@H](C(=O)NCC2CC(Br)=NO2)N(C(=O)OCc2cnc3ccccc3c2)C1. The van der Waals surface area contributed by atoms with E-state index in [1.807, 2.05) is 30.3 Å². The van der Waals surface area contributed by atoms with Crippen LogP contribution in [-0.2, 0) is 25.7 Å². The number of fused-ring (bicyclic) bond motifs is 1. The third-order valence-electron chi connectivity index (χ3n) is 5.41. The molecular weight excluding hydrogens is 492 g/mol. The second-order valence-electron chi connectivity index (χ2n) is 7.78. The number of nitrogens with one attached hydrogen (secondary N) is 1. The van der Waals surface area contributed by atoms with Crippen LogP contribution < -0.4 is 5.32 Å². The average Bonchev–Trinajstić information content (AvgIpc) is 3.45. The highest BCUT2D eigenvalue weighted by Gasteiger charge is 2.41. The number of carbonyl (C=O) groups is 2. The zero-order chi connectivity index (χ0) is 23.2. The molecule has 1 aromatic carbocycles. The molecular formula is C23H23BrN4O5. The topological polar surface area (TPSA) is 102 Å². The van der Waals surface area contributed by atoms with Crippen LogP contribution in [0.4, 0.5) is 4.79 Å². The lowest BCUT2D eigenvalue weighted by molar-refractivity contribution is -0.125. The lowest BCUT2D eigenvalue weighted by Crippen LogP contribution is -2.47. The lowest BCUT2D eigenvalue weighted by atomic mass is 10.1. The molecule has 3 heterocycles. The van der Waals surface area contributed by atoms with Gasteiger partial charge in [-0.15, -0.1) is 6.42 Å². The quantitative estimate of drug-likeness (QED) is 0.569. The summed E-state index contributed by atoms with van der Waals surface area (Å²) in [6, 6.07) is 8.88. The van der Waals surface area contributed by atoms with E-state index in [0.717, 1.165) is 16.5 Å². The molecule has 2 amide bonds. The van der Waals surface area contributed by atoms with Crippen molar-refractivity contribution in [1.29, 1.82) is 0 Å². The molecule has 1 saturated heterocycles. The van der Waals surface area contributed by atoms with E-state index in [4.69, 9.17) is 20.7 Å². The van der Waals surface area contributed by atoms with E-state index >= 15 is 0 Å². The fourth-order valence-corrected chi connectivity index (χ4v) is 4.24. The first kappa shape index (κ1) is 23.0. The average molecular weight is 515 g/mol. The van der Waals surface area contributed by atoms with Crippen LogP contribution in [0.1, 0.15) is 18.4 Å². The number of rotatable bonds is 7. The van der Waals surface area contributed by atoms with Crippen molar-refractivity contribution in [3.05, 3.63) is 42.1 Å². The van der Waals surface area contributed by atoms with Crippen molar-refractivity contribution in [3.63, 3.8) is 0 Å². The molecule has 1 fully saturated rings. The molecule has 0 saturated carbocycles. The number of aromatic nitrogens is 1. The molecule has 0 radical (unpaired) electrons. The molecule has 2 aromatic rings. The van der Waals surface area contributed by atoms with Gasteiger partial charge in [0.1, 0.15) is 23.9 Å². The molecule has 10 heteroatoms. The number of hydrogen-bond acceptors (Lipinski definition) is 7. The molecule has 33 heavy (non-hydrogen) atoms. The van der Waals surface area contributed by atoms with Crippen molar-refractivity contribution in [3.8, 4) is 12.3 Å². The summed E-state index contributed by atoms with van der Waals surface area (Å²) >= 11 is 3.27. The zero-order valence-electron chi connectivity index (χ0n) is 17.8. The maximum atomic E-state index is 12.9. The van der Waals surface area contributed by atoms with Crippen molar-refractivity contribution in [2.45, 2.75) is 37.7 Å². The van der Waals surface area contributed by atoms with Crippen molar-refractivity contribution < 1.29 is 23.9 Å². The Balaban J connectivity index is 1.37. The van der Waals surface area contributed by atoms with E-state index in [-0.39, 0.29) is 44.4 Å². The summed E-state index contributed by atoms with van der Waals surface area (Å²) in [5, 5.41) is 7.59. The van der Waals surface area contributed by atoms with Gasteiger partial charge in [-0.1, -0.05) is 29.3 Å². The van der Waals surface area contributed by atoms with Crippen molar-refractivity contribution in [2.24, 2.45) is 5.16 Å². The Kier molecular flexibility index (Phi) is 7.42. The molecule has 2 aliphatic rings. The number of terminal acetylenes is 1. The predicted molar refractivity (Wildman–Crippen MR) is 124 cm³/mol. The fraction of sp³-hybridized carbons (Fsp3) is 0.391. The van der Waals surface area contributed by atoms with Gasteiger partial charge in [0, 0.05) is 30.0 Å². The van der Waals surface area contributed by atoms with Crippen LogP contribution in [0, 0.1) is 12.3 Å². The highest BCUT2D eigenvalue weighted by Crippen LogP contribution is 2.23. The zero-order valence-corrected chi connectivity index (χ0v) is 19.4. The maximum absolute atomic E-state index is 12.9. The van der Waals surface area contributed by atoms with Crippen LogP contribution in [0.25, 0.3) is 10.9 Å². The van der Waals surface area contributed by atoms with Gasteiger partial charge in [0.25, 0.3) is 0 Å². The second-order valence-corrected chi connectivity index (χ2v) is 8.69. The van der Waals surface area contributed by atoms with Gasteiger partial charge >= 0.3 is 6.09 Å². The summed E-state index contributed by atoms with van der Waals surface area (Å²) in [4.78, 5) is 36.7. The molecule has 0 spiro atoms. The van der Waals surface area contributed by atoms with Gasteiger partial charge in [-0.3, -0.25) is 14.7 Å². The Morgan fingerprint density at radius 1 is 1.36 bits per heavy atom. The fourth-order valence-electron chi connectivity index (χ4n) is 3.79. The molecule has 172 valence electrons. The third kappa shape index (κ3) is 5.80. The number of carbonyl (C=O) groups excluding carboxylic acids is 2. The van der Waals surface area contributed by atoms with E-state index in [2.05, 4.69) is 37.3 Å². The number of pyridine rings is 1. The molecule has 0 bridgehead atoms. The number of para-hydroxylation sites is 1. The number of halogens is 1. The maximum Gasteiger partial charge on any atom is 0.410 e. The van der Waals surface area contributed by atoms with E-state index in [0.29, 0.717) is 17.5 Å². The second kappa shape index (κ2) is 10.6. The van der Waals surface area contributed by atoms with E-state index in [9.17, 15) is 9.59 Å². The summed E-state index contributed by atoms with van der Waals surface area (Å²) in [6.45, 7) is 0.628. The van der Waals surface area contributed by atoms with Gasteiger partial charge < -0.3 is 19.6 Å². The lowest BCUT2D eigenvalue weighted by Gasteiger charge is -2.23. The van der Waals surface area contributed by atoms with Crippen LogP contribution in [0.15, 0.2) is 41.7 Å². The highest BCUT2D eigenvalue weighted by molar-refractivity contribution is 9.18. The van der Waals surface area contributed by atoms with Gasteiger partial charge in [0.05, 0.1) is 24.7 Å². The Morgan fingerprint density at radius 2 is 2.21 bits per heavy atom. The summed E-state index contributed by atoms with van der Waals surface area (Å²) < 4.78 is 11.8. The molecule has 1 aromatic heterocycles. The molecule has 4 rings (SSSR count). The Morgan fingerprint density at radius 3 is 3.00 bits per heavy atom. The predicted octanol–water partition coefficient (Wildman–Crippen LogP) is 2.58. The van der Waals surface area contributed by atoms with Gasteiger partial charge in [-0.2, -0.15) is 0 Å². The standard InChI is InChI=1S/C23H23BrN4O5/c1-2-7-31-18-9-20(22(29)26-12-17-10-21(24)27-33-17)28(13-18)23(30)32-14-15-8-16-5-3-4-6-19(16)25-11-15/h1,3-6,8,11,17-18,20H,7,9-10,12-14H2,(H,26,29)/t17?,18-,20+/m1/s1. The van der Waals surface area contributed by atoms with E-state index < -0.39 is 12.1 Å². The monoisotopic (exact) mass is 514 g/mol. The van der Waals surface area contributed by atoms with Gasteiger partial charge in [-0.25, -0.2) is 4.79 Å². The minimum Gasteiger partial charge on any atom is -0.444 e. The van der Waals surface area contributed by atoms with Crippen molar-refractivity contribution >= 4 is 43.5 Å². The number of oxime groups is 1. The Hall–Kier alpha value is -3.16. The number of ether oxygens (including phenoxy) is 2. The Bertz CT molecular complexity index is 1100. The molecule has 2 aliphatic heterocycles. The number of likely N-dealkylation sites (tertiary alicyclic amines) is 1. The summed E-state index contributed by atoms with van der Waals surface area (Å²) in [5.41, 5.74) is 1.62. The molecule has 9 nitrogen and oxygen atoms in total. The Labute approximate surface area is 199 Å². The van der Waals surface area contributed by atoms with Gasteiger partial charge in [0.15, 0.2) is 6.10 Å². The number of amides is 2. The van der Waals surface area contributed by atoms with Crippen LogP contribution >= 0.6 is 15.9 Å². The van der Waals surface area contributed by atoms with E-state index in [1.165, 1.54) is 4.90 Å². The number of benzene rings is 1. The largest absolute Gasteiger partial charge is 0.444 e. The minimum absolute atomic E-state index is 0.0403. The van der Waals surface area contributed by atoms with Crippen molar-refractivity contribution in [2.75, 3.05) is 19.7 Å². The first-order valence-electron chi connectivity index (χ1n) is 10.5. The number of hydrogen-bond donors (Lipinski definition) is 1. The highest BCUT2D eigenvalue weighted by atomic mass is 79.9. The summed E-state index contributed by atoms with van der Waals surface area (Å²) in [5.74, 6) is 2.10. The molecule has 0 aliphatic carbocycles.